The molecule has 36 heavy (non-hydrogen) atoms. The lowest BCUT2D eigenvalue weighted by Gasteiger charge is -2.04. The molecule has 3 heterocycles. The normalized spacial score (nSPS) is 10.2. The molecular formula is C22H27ClN9O4-. The Balaban J connectivity index is 0.00000456. The summed E-state index contributed by atoms with van der Waals surface area (Å²) in [4.78, 5) is 48.4. The highest BCUT2D eigenvalue weighted by Gasteiger charge is 2.18. The summed E-state index contributed by atoms with van der Waals surface area (Å²) in [7, 11) is 5.01. The molecule has 0 saturated heterocycles. The standard InChI is InChI=1S/C22H27N9O4.ClH/c1-29-9-13(26-12-32)6-17(29)21(34)28-15-8-18(31(3)11-15)22(35)27-14-7-16(30(2)10-14)20(33)25-5-4-19(23)24;/h6-12H,4-5H2,1-3H3,(H3,23,24)(H,25,33)(H,26,32)(H,27,35)(H,28,34);1H/p-1. The van der Waals surface area contributed by atoms with Gasteiger partial charge in [-0.3, -0.25) is 24.6 Å². The molecule has 7 N–H and O–H groups in total. The van der Waals surface area contributed by atoms with Crippen molar-refractivity contribution in [2.45, 2.75) is 6.42 Å². The maximum atomic E-state index is 12.8. The molecule has 0 aromatic carbocycles. The van der Waals surface area contributed by atoms with Crippen molar-refractivity contribution in [3.63, 3.8) is 0 Å². The number of nitrogens with two attached hydrogens (primary N) is 1. The third-order valence-electron chi connectivity index (χ3n) is 5.13. The van der Waals surface area contributed by atoms with Crippen LogP contribution in [0.1, 0.15) is 37.9 Å². The van der Waals surface area contributed by atoms with E-state index in [1.807, 2.05) is 0 Å². The second-order valence-electron chi connectivity index (χ2n) is 7.88. The molecule has 0 aliphatic rings. The van der Waals surface area contributed by atoms with E-state index >= 15 is 0 Å². The van der Waals surface area contributed by atoms with Crippen molar-refractivity contribution in [3.8, 4) is 0 Å². The minimum absolute atomic E-state index is 0. The molecule has 14 heteroatoms. The first-order valence-electron chi connectivity index (χ1n) is 10.5. The molecular weight excluding hydrogens is 490 g/mol. The van der Waals surface area contributed by atoms with Gasteiger partial charge in [-0.15, -0.1) is 0 Å². The Labute approximate surface area is 212 Å². The van der Waals surface area contributed by atoms with Crippen LogP contribution in [0.3, 0.4) is 0 Å². The number of aromatic nitrogens is 3. The number of hydrogen-bond donors (Lipinski definition) is 6. The molecule has 0 fully saturated rings. The number of nitrogens with zero attached hydrogens (tertiary/aromatic N) is 3. The zero-order chi connectivity index (χ0) is 25.7. The summed E-state index contributed by atoms with van der Waals surface area (Å²) < 4.78 is 4.71. The van der Waals surface area contributed by atoms with Crippen LogP contribution in [0, 0.1) is 5.41 Å². The van der Waals surface area contributed by atoms with Crippen LogP contribution in [0.5, 0.6) is 0 Å². The van der Waals surface area contributed by atoms with Gasteiger partial charge in [0.15, 0.2) is 0 Å². The number of amides is 4. The van der Waals surface area contributed by atoms with Gasteiger partial charge in [-0.1, -0.05) is 0 Å². The first kappa shape index (κ1) is 27.7. The number of aryl methyl sites for hydroxylation is 3. The third-order valence-corrected chi connectivity index (χ3v) is 5.13. The summed E-state index contributed by atoms with van der Waals surface area (Å²) in [6.45, 7) is 0.233. The number of amidine groups is 1. The Hall–Kier alpha value is -4.52. The molecule has 0 aliphatic carbocycles. The monoisotopic (exact) mass is 516 g/mol. The van der Waals surface area contributed by atoms with Crippen LogP contribution in [0.2, 0.25) is 0 Å². The Kier molecular flexibility index (Phi) is 9.05. The fourth-order valence-electron chi connectivity index (χ4n) is 3.45. The van der Waals surface area contributed by atoms with Gasteiger partial charge in [-0.2, -0.15) is 0 Å². The second-order valence-corrected chi connectivity index (χ2v) is 7.88. The predicted molar refractivity (Wildman–Crippen MR) is 131 cm³/mol. The maximum Gasteiger partial charge on any atom is 0.272 e. The highest BCUT2D eigenvalue weighted by Crippen LogP contribution is 2.19. The Morgan fingerprint density at radius 3 is 1.69 bits per heavy atom. The number of carbonyl (C=O) groups is 4. The van der Waals surface area contributed by atoms with E-state index < -0.39 is 11.8 Å². The van der Waals surface area contributed by atoms with Gasteiger partial charge in [0.2, 0.25) is 6.41 Å². The average Bonchev–Trinajstić information content (AvgIpc) is 3.44. The van der Waals surface area contributed by atoms with E-state index in [-0.39, 0.29) is 42.8 Å². The first-order valence-corrected chi connectivity index (χ1v) is 10.5. The SMILES string of the molecule is Cn1cc(NC(=O)c2cc(NC(=O)c3cc(NC=O)cn3C)cn2C)cc1C(=O)NCCC(=N)N.[Cl-]. The fourth-order valence-corrected chi connectivity index (χ4v) is 3.45. The van der Waals surface area contributed by atoms with Gasteiger partial charge in [0.05, 0.1) is 22.9 Å². The molecule has 192 valence electrons. The molecule has 0 bridgehead atoms. The number of anilines is 3. The topological polar surface area (TPSA) is 181 Å². The molecule has 4 amide bonds. The Morgan fingerprint density at radius 1 is 0.833 bits per heavy atom. The van der Waals surface area contributed by atoms with Gasteiger partial charge in [-0.05, 0) is 18.2 Å². The minimum Gasteiger partial charge on any atom is -1.00 e. The van der Waals surface area contributed by atoms with Crippen molar-refractivity contribution in [2.75, 3.05) is 22.5 Å². The molecule has 3 aromatic rings. The highest BCUT2D eigenvalue weighted by atomic mass is 35.5. The average molecular weight is 517 g/mol. The van der Waals surface area contributed by atoms with Crippen LogP contribution in [-0.4, -0.2) is 50.2 Å². The number of carbonyl (C=O) groups excluding carboxylic acids is 4. The molecule has 0 aliphatic heterocycles. The van der Waals surface area contributed by atoms with Crippen molar-refractivity contribution in [1.82, 2.24) is 19.0 Å². The summed E-state index contributed by atoms with van der Waals surface area (Å²) in [5, 5.41) is 17.8. The van der Waals surface area contributed by atoms with Crippen LogP contribution < -0.4 is 39.4 Å². The van der Waals surface area contributed by atoms with Crippen molar-refractivity contribution in [1.29, 1.82) is 5.41 Å². The molecule has 0 saturated carbocycles. The van der Waals surface area contributed by atoms with Crippen LogP contribution in [0.25, 0.3) is 0 Å². The first-order chi connectivity index (χ1) is 16.6. The maximum absolute atomic E-state index is 12.8. The van der Waals surface area contributed by atoms with Gasteiger partial charge in [-0.25, -0.2) is 0 Å². The van der Waals surface area contributed by atoms with Gasteiger partial charge in [0.25, 0.3) is 17.7 Å². The van der Waals surface area contributed by atoms with E-state index in [1.165, 1.54) is 18.2 Å². The second kappa shape index (κ2) is 11.8. The van der Waals surface area contributed by atoms with E-state index in [1.54, 1.807) is 53.4 Å². The molecule has 0 unspecified atom stereocenters. The van der Waals surface area contributed by atoms with Crippen LogP contribution in [0.15, 0.2) is 36.8 Å². The zero-order valence-electron chi connectivity index (χ0n) is 19.9. The highest BCUT2D eigenvalue weighted by molar-refractivity contribution is 6.07. The third kappa shape index (κ3) is 6.54. The van der Waals surface area contributed by atoms with Crippen molar-refractivity contribution in [2.24, 2.45) is 26.9 Å². The van der Waals surface area contributed by atoms with Gasteiger partial charge in [0.1, 0.15) is 17.1 Å². The van der Waals surface area contributed by atoms with Gasteiger partial charge >= 0.3 is 0 Å². The van der Waals surface area contributed by atoms with Gasteiger partial charge < -0.3 is 53.1 Å². The Bertz CT molecular complexity index is 1300. The lowest BCUT2D eigenvalue weighted by Crippen LogP contribution is -3.00. The number of hydrogen-bond acceptors (Lipinski definition) is 5. The van der Waals surface area contributed by atoms with E-state index in [0.717, 1.165) is 0 Å². The van der Waals surface area contributed by atoms with E-state index in [2.05, 4.69) is 21.3 Å². The summed E-state index contributed by atoms with van der Waals surface area (Å²) in [6.07, 6.45) is 5.57. The lowest BCUT2D eigenvalue weighted by molar-refractivity contribution is -0.105. The minimum atomic E-state index is -0.432. The van der Waals surface area contributed by atoms with Crippen molar-refractivity contribution < 1.29 is 31.6 Å². The van der Waals surface area contributed by atoms with Crippen LogP contribution in [-0.2, 0) is 25.9 Å². The lowest BCUT2D eigenvalue weighted by atomic mass is 10.3. The van der Waals surface area contributed by atoms with E-state index in [0.29, 0.717) is 34.9 Å². The predicted octanol–water partition coefficient (Wildman–Crippen LogP) is -2.17. The van der Waals surface area contributed by atoms with E-state index in [9.17, 15) is 19.2 Å². The van der Waals surface area contributed by atoms with Crippen LogP contribution in [0.4, 0.5) is 17.1 Å². The molecule has 3 rings (SSSR count). The van der Waals surface area contributed by atoms with Crippen molar-refractivity contribution >= 4 is 47.0 Å². The largest absolute Gasteiger partial charge is 1.00 e. The summed E-state index contributed by atoms with van der Waals surface area (Å²) in [5.41, 5.74) is 7.53. The summed E-state index contributed by atoms with van der Waals surface area (Å²) in [5.74, 6) is -1.22. The molecule has 0 atom stereocenters. The molecule has 0 spiro atoms. The van der Waals surface area contributed by atoms with Crippen LogP contribution >= 0.6 is 0 Å². The molecule has 3 aromatic heterocycles. The zero-order valence-corrected chi connectivity index (χ0v) is 20.6. The molecule has 13 nitrogen and oxygen atoms in total. The van der Waals surface area contributed by atoms with Crippen molar-refractivity contribution in [3.05, 3.63) is 53.9 Å². The summed E-state index contributed by atoms with van der Waals surface area (Å²) in [6, 6.07) is 4.59. The van der Waals surface area contributed by atoms with E-state index in [4.69, 9.17) is 11.1 Å². The number of rotatable bonds is 10. The summed E-state index contributed by atoms with van der Waals surface area (Å²) >= 11 is 0. The smallest absolute Gasteiger partial charge is 0.272 e. The quantitative estimate of drug-likeness (QED) is 0.102. The Morgan fingerprint density at radius 2 is 1.25 bits per heavy atom. The number of halogens is 1. The fraction of sp³-hybridized carbons (Fsp3) is 0.227. The molecule has 0 radical (unpaired) electrons. The number of nitrogens with one attached hydrogen (secondary N) is 5. The van der Waals surface area contributed by atoms with Gasteiger partial charge in [0, 0.05) is 52.7 Å².